The lowest BCUT2D eigenvalue weighted by Gasteiger charge is -2.36. The summed E-state index contributed by atoms with van der Waals surface area (Å²) in [5.74, 6) is 0.153. The molecular formula is C15H23N3O. The second-order valence-corrected chi connectivity index (χ2v) is 5.01. The number of nitrogens with two attached hydrogens (primary N) is 1. The fourth-order valence-electron chi connectivity index (χ4n) is 2.56. The van der Waals surface area contributed by atoms with Gasteiger partial charge in [0.2, 0.25) is 0 Å². The average Bonchev–Trinajstić information content (AvgIpc) is 2.48. The lowest BCUT2D eigenvalue weighted by atomic mass is 10.0. The van der Waals surface area contributed by atoms with E-state index in [0.29, 0.717) is 6.04 Å². The average molecular weight is 261 g/mol. The monoisotopic (exact) mass is 261 g/mol. The number of benzene rings is 1. The van der Waals surface area contributed by atoms with Crippen molar-refractivity contribution in [1.29, 1.82) is 0 Å². The summed E-state index contributed by atoms with van der Waals surface area (Å²) >= 11 is 0. The summed E-state index contributed by atoms with van der Waals surface area (Å²) in [5.41, 5.74) is 6.32. The number of hydrogen-bond acceptors (Lipinski definition) is 3. The van der Waals surface area contributed by atoms with Gasteiger partial charge in [-0.15, -0.1) is 0 Å². The number of nitrogens with zero attached hydrogens (tertiary/aromatic N) is 1. The van der Waals surface area contributed by atoms with Gasteiger partial charge in [-0.3, -0.25) is 4.79 Å². The minimum absolute atomic E-state index is 0.153. The zero-order valence-corrected chi connectivity index (χ0v) is 11.3. The first kappa shape index (κ1) is 14.0. The first-order valence-electron chi connectivity index (χ1n) is 7.09. The molecule has 1 heterocycles. The molecule has 0 bridgehead atoms. The molecule has 104 valence electrons. The van der Waals surface area contributed by atoms with Gasteiger partial charge in [0.15, 0.2) is 0 Å². The fraction of sp³-hybridized carbons (Fsp3) is 0.533. The normalized spacial score (nSPS) is 19.4. The maximum Gasteiger partial charge on any atom is 0.254 e. The van der Waals surface area contributed by atoms with Crippen LogP contribution in [0, 0.1) is 0 Å². The van der Waals surface area contributed by atoms with Crippen LogP contribution in [0.4, 0.5) is 0 Å². The van der Waals surface area contributed by atoms with Crippen molar-refractivity contribution in [3.63, 3.8) is 0 Å². The van der Waals surface area contributed by atoms with Crippen molar-refractivity contribution in [3.05, 3.63) is 35.9 Å². The minimum atomic E-state index is 0.153. The SMILES string of the molecule is NCCCCC1CNCCN1C(=O)c1ccccc1. The molecular weight excluding hydrogens is 238 g/mol. The zero-order valence-electron chi connectivity index (χ0n) is 11.3. The minimum Gasteiger partial charge on any atom is -0.333 e. The summed E-state index contributed by atoms with van der Waals surface area (Å²) < 4.78 is 0. The van der Waals surface area contributed by atoms with E-state index in [1.165, 1.54) is 0 Å². The molecule has 1 fully saturated rings. The molecule has 0 saturated carbocycles. The second-order valence-electron chi connectivity index (χ2n) is 5.01. The van der Waals surface area contributed by atoms with Gasteiger partial charge in [0.05, 0.1) is 0 Å². The zero-order chi connectivity index (χ0) is 13.5. The van der Waals surface area contributed by atoms with E-state index in [4.69, 9.17) is 5.73 Å². The fourth-order valence-corrected chi connectivity index (χ4v) is 2.56. The van der Waals surface area contributed by atoms with Crippen LogP contribution in [-0.4, -0.2) is 43.0 Å². The number of unbranched alkanes of at least 4 members (excludes halogenated alkanes) is 1. The molecule has 1 aliphatic heterocycles. The van der Waals surface area contributed by atoms with Crippen molar-refractivity contribution < 1.29 is 4.79 Å². The Kier molecular flexibility index (Phi) is 5.36. The third kappa shape index (κ3) is 3.78. The number of carbonyl (C=O) groups excluding carboxylic acids is 1. The Hall–Kier alpha value is -1.39. The summed E-state index contributed by atoms with van der Waals surface area (Å²) in [7, 11) is 0. The Balaban J connectivity index is 2.00. The van der Waals surface area contributed by atoms with Crippen molar-refractivity contribution >= 4 is 5.91 Å². The van der Waals surface area contributed by atoms with Crippen molar-refractivity contribution in [2.75, 3.05) is 26.2 Å². The van der Waals surface area contributed by atoms with Gasteiger partial charge in [-0.2, -0.15) is 0 Å². The maximum absolute atomic E-state index is 12.5. The van der Waals surface area contributed by atoms with Crippen LogP contribution in [0.25, 0.3) is 0 Å². The van der Waals surface area contributed by atoms with Crippen LogP contribution in [0.15, 0.2) is 30.3 Å². The second kappa shape index (κ2) is 7.26. The van der Waals surface area contributed by atoms with E-state index in [1.807, 2.05) is 35.2 Å². The number of carbonyl (C=O) groups is 1. The van der Waals surface area contributed by atoms with Crippen LogP contribution < -0.4 is 11.1 Å². The molecule has 0 aromatic heterocycles. The predicted octanol–water partition coefficient (Wildman–Crippen LogP) is 1.23. The largest absolute Gasteiger partial charge is 0.333 e. The van der Waals surface area contributed by atoms with E-state index < -0.39 is 0 Å². The summed E-state index contributed by atoms with van der Waals surface area (Å²) in [4.78, 5) is 14.5. The molecule has 1 amide bonds. The molecule has 0 aliphatic carbocycles. The molecule has 19 heavy (non-hydrogen) atoms. The number of rotatable bonds is 5. The molecule has 3 N–H and O–H groups in total. The number of nitrogens with one attached hydrogen (secondary N) is 1. The van der Waals surface area contributed by atoms with Crippen molar-refractivity contribution in [3.8, 4) is 0 Å². The summed E-state index contributed by atoms with van der Waals surface area (Å²) in [5, 5.41) is 3.37. The van der Waals surface area contributed by atoms with Crippen LogP contribution in [0.2, 0.25) is 0 Å². The lowest BCUT2D eigenvalue weighted by molar-refractivity contribution is 0.0622. The molecule has 0 spiro atoms. The van der Waals surface area contributed by atoms with Gasteiger partial charge in [-0.05, 0) is 31.5 Å². The number of hydrogen-bond donors (Lipinski definition) is 2. The number of piperazine rings is 1. The van der Waals surface area contributed by atoms with E-state index in [1.54, 1.807) is 0 Å². The molecule has 1 atom stereocenters. The van der Waals surface area contributed by atoms with Gasteiger partial charge in [0, 0.05) is 31.2 Å². The molecule has 4 heteroatoms. The van der Waals surface area contributed by atoms with E-state index in [2.05, 4.69) is 5.32 Å². The van der Waals surface area contributed by atoms with Crippen LogP contribution >= 0.6 is 0 Å². The van der Waals surface area contributed by atoms with Crippen molar-refractivity contribution in [2.45, 2.75) is 25.3 Å². The van der Waals surface area contributed by atoms with Crippen molar-refractivity contribution in [2.24, 2.45) is 5.73 Å². The molecule has 2 rings (SSSR count). The van der Waals surface area contributed by atoms with Crippen LogP contribution in [0.5, 0.6) is 0 Å². The van der Waals surface area contributed by atoms with E-state index in [-0.39, 0.29) is 5.91 Å². The first-order valence-corrected chi connectivity index (χ1v) is 7.09. The molecule has 0 radical (unpaired) electrons. The van der Waals surface area contributed by atoms with Crippen LogP contribution in [0.3, 0.4) is 0 Å². The standard InChI is InChI=1S/C15H23N3O/c16-9-5-4-8-14-12-17-10-11-18(14)15(19)13-6-2-1-3-7-13/h1-3,6-7,14,17H,4-5,8-12,16H2. The molecule has 4 nitrogen and oxygen atoms in total. The van der Waals surface area contributed by atoms with Gasteiger partial charge < -0.3 is 16.0 Å². The van der Waals surface area contributed by atoms with Gasteiger partial charge >= 0.3 is 0 Å². The summed E-state index contributed by atoms with van der Waals surface area (Å²) in [6, 6.07) is 9.85. The summed E-state index contributed by atoms with van der Waals surface area (Å²) in [6.45, 7) is 3.29. The lowest BCUT2D eigenvalue weighted by Crippen LogP contribution is -2.53. The van der Waals surface area contributed by atoms with Gasteiger partial charge in [-0.25, -0.2) is 0 Å². The Bertz CT molecular complexity index is 394. The molecule has 1 aromatic rings. The van der Waals surface area contributed by atoms with Crippen LogP contribution in [0.1, 0.15) is 29.6 Å². The highest BCUT2D eigenvalue weighted by Crippen LogP contribution is 2.15. The third-order valence-electron chi connectivity index (χ3n) is 3.62. The predicted molar refractivity (Wildman–Crippen MR) is 77.0 cm³/mol. The highest BCUT2D eigenvalue weighted by molar-refractivity contribution is 5.94. The highest BCUT2D eigenvalue weighted by atomic mass is 16.2. The Morgan fingerprint density at radius 2 is 2.11 bits per heavy atom. The Labute approximate surface area is 115 Å². The quantitative estimate of drug-likeness (QED) is 0.784. The highest BCUT2D eigenvalue weighted by Gasteiger charge is 2.26. The van der Waals surface area contributed by atoms with Gasteiger partial charge in [-0.1, -0.05) is 24.6 Å². The van der Waals surface area contributed by atoms with E-state index in [0.717, 1.165) is 51.0 Å². The Morgan fingerprint density at radius 1 is 1.32 bits per heavy atom. The first-order chi connectivity index (χ1) is 9.33. The van der Waals surface area contributed by atoms with Gasteiger partial charge in [0.25, 0.3) is 5.91 Å². The maximum atomic E-state index is 12.5. The third-order valence-corrected chi connectivity index (χ3v) is 3.62. The summed E-state index contributed by atoms with van der Waals surface area (Å²) in [6.07, 6.45) is 3.15. The van der Waals surface area contributed by atoms with Crippen LogP contribution in [-0.2, 0) is 0 Å². The molecule has 1 unspecified atom stereocenters. The van der Waals surface area contributed by atoms with Gasteiger partial charge in [0.1, 0.15) is 0 Å². The molecule has 1 aliphatic rings. The molecule has 1 aromatic carbocycles. The van der Waals surface area contributed by atoms with Crippen molar-refractivity contribution in [1.82, 2.24) is 10.2 Å². The van der Waals surface area contributed by atoms with E-state index >= 15 is 0 Å². The smallest absolute Gasteiger partial charge is 0.254 e. The Morgan fingerprint density at radius 3 is 2.84 bits per heavy atom. The van der Waals surface area contributed by atoms with E-state index in [9.17, 15) is 4.79 Å². The number of amides is 1. The molecule has 1 saturated heterocycles. The topological polar surface area (TPSA) is 58.4 Å².